The molecule has 1 N–H and O–H groups in total. The van der Waals surface area contributed by atoms with Crippen LogP contribution in [-0.4, -0.2) is 25.5 Å². The highest BCUT2D eigenvalue weighted by Gasteiger charge is 2.10. The zero-order valence-electron chi connectivity index (χ0n) is 13.7. The van der Waals surface area contributed by atoms with Gasteiger partial charge in [0.25, 0.3) is 5.91 Å². The van der Waals surface area contributed by atoms with Gasteiger partial charge in [-0.15, -0.1) is 0 Å². The van der Waals surface area contributed by atoms with E-state index in [0.717, 1.165) is 22.8 Å². The smallest absolute Gasteiger partial charge is 0.256 e. The maximum atomic E-state index is 12.3. The van der Waals surface area contributed by atoms with Gasteiger partial charge in [0.1, 0.15) is 5.82 Å². The van der Waals surface area contributed by atoms with Gasteiger partial charge >= 0.3 is 0 Å². The number of anilines is 1. The molecule has 0 saturated heterocycles. The lowest BCUT2D eigenvalue weighted by atomic mass is 10.2. The number of carbonyl (C=O) groups is 1. The number of nitrogens with one attached hydrogen (secondary N) is 1. The summed E-state index contributed by atoms with van der Waals surface area (Å²) in [5.74, 6) is 0.517. The lowest BCUT2D eigenvalue weighted by molar-refractivity contribution is 0.102. The number of rotatable bonds is 3. The molecule has 0 spiro atoms. The fourth-order valence-corrected chi connectivity index (χ4v) is 2.56. The quantitative estimate of drug-likeness (QED) is 0.809. The van der Waals surface area contributed by atoms with Crippen LogP contribution in [0.2, 0.25) is 0 Å². The zero-order valence-corrected chi connectivity index (χ0v) is 13.7. The van der Waals surface area contributed by atoms with Gasteiger partial charge in [0.15, 0.2) is 0 Å². The Labute approximate surface area is 134 Å². The number of amides is 1. The SMILES string of the molecule is Cc1cc(NC(=O)c2ccc(-n3nc(C)cc3C)cc2)n(C)n1. The lowest BCUT2D eigenvalue weighted by Gasteiger charge is -2.07. The highest BCUT2D eigenvalue weighted by atomic mass is 16.1. The minimum atomic E-state index is -0.159. The van der Waals surface area contributed by atoms with Crippen LogP contribution in [0.4, 0.5) is 5.82 Å². The Morgan fingerprint density at radius 1 is 1.00 bits per heavy atom. The molecule has 3 rings (SSSR count). The van der Waals surface area contributed by atoms with Crippen LogP contribution in [0.1, 0.15) is 27.4 Å². The molecular formula is C17H19N5O. The normalized spacial score (nSPS) is 10.8. The first kappa shape index (κ1) is 15.0. The average Bonchev–Trinajstić information content (AvgIpc) is 3.00. The summed E-state index contributed by atoms with van der Waals surface area (Å²) in [7, 11) is 1.80. The van der Waals surface area contributed by atoms with Crippen molar-refractivity contribution in [2.45, 2.75) is 20.8 Å². The molecule has 0 bridgehead atoms. The predicted molar refractivity (Wildman–Crippen MR) is 88.9 cm³/mol. The summed E-state index contributed by atoms with van der Waals surface area (Å²) >= 11 is 0. The van der Waals surface area contributed by atoms with E-state index in [1.165, 1.54) is 0 Å². The van der Waals surface area contributed by atoms with Crippen molar-refractivity contribution in [3.8, 4) is 5.69 Å². The van der Waals surface area contributed by atoms with Gasteiger partial charge in [-0.1, -0.05) is 0 Å². The Bertz CT molecular complexity index is 858. The van der Waals surface area contributed by atoms with E-state index in [-0.39, 0.29) is 5.91 Å². The first-order valence-electron chi connectivity index (χ1n) is 7.40. The number of benzene rings is 1. The molecule has 23 heavy (non-hydrogen) atoms. The molecule has 0 aliphatic rings. The Morgan fingerprint density at radius 2 is 1.65 bits per heavy atom. The predicted octanol–water partition coefficient (Wildman–Crippen LogP) is 2.78. The van der Waals surface area contributed by atoms with Crippen molar-refractivity contribution in [3.63, 3.8) is 0 Å². The Morgan fingerprint density at radius 3 is 2.17 bits per heavy atom. The number of hydrogen-bond donors (Lipinski definition) is 1. The van der Waals surface area contributed by atoms with E-state index < -0.39 is 0 Å². The van der Waals surface area contributed by atoms with Crippen molar-refractivity contribution in [2.24, 2.45) is 7.05 Å². The molecule has 0 unspecified atom stereocenters. The maximum Gasteiger partial charge on any atom is 0.256 e. The number of aromatic nitrogens is 4. The molecule has 0 atom stereocenters. The van der Waals surface area contributed by atoms with E-state index in [1.54, 1.807) is 23.9 Å². The van der Waals surface area contributed by atoms with Crippen LogP contribution in [0.3, 0.4) is 0 Å². The van der Waals surface area contributed by atoms with Gasteiger partial charge in [-0.2, -0.15) is 10.2 Å². The van der Waals surface area contributed by atoms with E-state index in [4.69, 9.17) is 0 Å². The topological polar surface area (TPSA) is 64.7 Å². The second-order valence-corrected chi connectivity index (χ2v) is 5.63. The summed E-state index contributed by atoms with van der Waals surface area (Å²) in [5.41, 5.74) is 4.42. The van der Waals surface area contributed by atoms with Gasteiger partial charge in [-0.05, 0) is 51.1 Å². The molecular weight excluding hydrogens is 290 g/mol. The maximum absolute atomic E-state index is 12.3. The molecule has 1 aromatic carbocycles. The van der Waals surface area contributed by atoms with Gasteiger partial charge in [0.2, 0.25) is 0 Å². The van der Waals surface area contributed by atoms with Crippen molar-refractivity contribution in [1.82, 2.24) is 19.6 Å². The van der Waals surface area contributed by atoms with Crippen LogP contribution < -0.4 is 5.32 Å². The molecule has 2 aromatic heterocycles. The largest absolute Gasteiger partial charge is 0.307 e. The fraction of sp³-hybridized carbons (Fsp3) is 0.235. The molecule has 0 saturated carbocycles. The molecule has 118 valence electrons. The molecule has 6 heteroatoms. The Kier molecular flexibility index (Phi) is 3.73. The van der Waals surface area contributed by atoms with Gasteiger partial charge < -0.3 is 5.32 Å². The van der Waals surface area contributed by atoms with Crippen LogP contribution >= 0.6 is 0 Å². The van der Waals surface area contributed by atoms with Gasteiger partial charge in [-0.25, -0.2) is 4.68 Å². The van der Waals surface area contributed by atoms with Crippen LogP contribution in [0.25, 0.3) is 5.69 Å². The molecule has 0 aliphatic carbocycles. The van der Waals surface area contributed by atoms with Crippen molar-refractivity contribution < 1.29 is 4.79 Å². The van der Waals surface area contributed by atoms with E-state index in [1.807, 2.05) is 49.7 Å². The lowest BCUT2D eigenvalue weighted by Crippen LogP contribution is -2.14. The molecule has 1 amide bonds. The van der Waals surface area contributed by atoms with Crippen LogP contribution in [0.15, 0.2) is 36.4 Å². The summed E-state index contributed by atoms with van der Waals surface area (Å²) in [6, 6.07) is 11.2. The van der Waals surface area contributed by atoms with Crippen molar-refractivity contribution in [1.29, 1.82) is 0 Å². The molecule has 3 aromatic rings. The summed E-state index contributed by atoms with van der Waals surface area (Å²) in [5, 5.41) is 11.5. The minimum absolute atomic E-state index is 0.159. The highest BCUT2D eigenvalue weighted by molar-refractivity contribution is 6.03. The van der Waals surface area contributed by atoms with Crippen molar-refractivity contribution in [2.75, 3.05) is 5.32 Å². The first-order valence-corrected chi connectivity index (χ1v) is 7.40. The van der Waals surface area contributed by atoms with E-state index >= 15 is 0 Å². The van der Waals surface area contributed by atoms with Gasteiger partial charge in [0.05, 0.1) is 17.1 Å². The third-order valence-electron chi connectivity index (χ3n) is 3.63. The van der Waals surface area contributed by atoms with Crippen LogP contribution in [0, 0.1) is 20.8 Å². The third-order valence-corrected chi connectivity index (χ3v) is 3.63. The van der Waals surface area contributed by atoms with Crippen molar-refractivity contribution in [3.05, 3.63) is 59.0 Å². The second-order valence-electron chi connectivity index (χ2n) is 5.63. The highest BCUT2D eigenvalue weighted by Crippen LogP contribution is 2.15. The third kappa shape index (κ3) is 3.01. The van der Waals surface area contributed by atoms with E-state index in [2.05, 4.69) is 15.5 Å². The average molecular weight is 309 g/mol. The van der Waals surface area contributed by atoms with Crippen molar-refractivity contribution >= 4 is 11.7 Å². The molecule has 6 nitrogen and oxygen atoms in total. The summed E-state index contributed by atoms with van der Waals surface area (Å²) in [6.45, 7) is 5.85. The Hall–Kier alpha value is -2.89. The molecule has 0 radical (unpaired) electrons. The summed E-state index contributed by atoms with van der Waals surface area (Å²) < 4.78 is 3.51. The fourth-order valence-electron chi connectivity index (χ4n) is 2.56. The Balaban J connectivity index is 1.80. The number of aryl methyl sites for hydroxylation is 4. The molecule has 0 aliphatic heterocycles. The first-order chi connectivity index (χ1) is 10.9. The van der Waals surface area contributed by atoms with Gasteiger partial charge in [0, 0.05) is 24.4 Å². The second kappa shape index (κ2) is 5.72. The van der Waals surface area contributed by atoms with Crippen LogP contribution in [-0.2, 0) is 7.05 Å². The zero-order chi connectivity index (χ0) is 16.6. The number of hydrogen-bond acceptors (Lipinski definition) is 3. The molecule has 0 fully saturated rings. The van der Waals surface area contributed by atoms with Gasteiger partial charge in [-0.3, -0.25) is 9.48 Å². The number of carbonyl (C=O) groups excluding carboxylic acids is 1. The monoisotopic (exact) mass is 309 g/mol. The van der Waals surface area contributed by atoms with E-state index in [9.17, 15) is 4.79 Å². The number of nitrogens with zero attached hydrogens (tertiary/aromatic N) is 4. The standard InChI is InChI=1S/C17H19N5O/c1-11-9-13(3)22(20-11)15-7-5-14(6-8-15)17(23)18-16-10-12(2)19-21(16)4/h5-10H,1-4H3,(H,18,23). The van der Waals surface area contributed by atoms with E-state index in [0.29, 0.717) is 11.4 Å². The summed E-state index contributed by atoms with van der Waals surface area (Å²) in [4.78, 5) is 12.3. The van der Waals surface area contributed by atoms with Crippen LogP contribution in [0.5, 0.6) is 0 Å². The molecule has 2 heterocycles. The summed E-state index contributed by atoms with van der Waals surface area (Å²) in [6.07, 6.45) is 0. The minimum Gasteiger partial charge on any atom is -0.307 e.